The summed E-state index contributed by atoms with van der Waals surface area (Å²) >= 11 is 7.34. The van der Waals surface area contributed by atoms with E-state index in [9.17, 15) is 4.79 Å². The number of halogens is 1. The topological polar surface area (TPSA) is 54.0 Å². The predicted molar refractivity (Wildman–Crippen MR) is 99.3 cm³/mol. The fourth-order valence-corrected chi connectivity index (χ4v) is 3.08. The van der Waals surface area contributed by atoms with Gasteiger partial charge in [0.25, 0.3) is 5.91 Å². The van der Waals surface area contributed by atoms with Crippen LogP contribution in [-0.2, 0) is 6.42 Å². The molecule has 0 fully saturated rings. The molecule has 3 aromatic rings. The van der Waals surface area contributed by atoms with E-state index in [-0.39, 0.29) is 5.91 Å². The van der Waals surface area contributed by atoms with Gasteiger partial charge in [-0.05, 0) is 30.2 Å². The van der Waals surface area contributed by atoms with Crippen LogP contribution in [0.4, 0.5) is 10.8 Å². The molecule has 0 bridgehead atoms. The molecule has 0 saturated carbocycles. The third kappa shape index (κ3) is 4.57. The molecule has 2 N–H and O–H groups in total. The highest BCUT2D eigenvalue weighted by Crippen LogP contribution is 2.23. The summed E-state index contributed by atoms with van der Waals surface area (Å²) in [4.78, 5) is 16.5. The molecule has 0 aliphatic rings. The first-order valence-corrected chi connectivity index (χ1v) is 8.77. The maximum absolute atomic E-state index is 12.1. The van der Waals surface area contributed by atoms with Crippen molar-refractivity contribution in [1.29, 1.82) is 0 Å². The van der Waals surface area contributed by atoms with Crippen molar-refractivity contribution >= 4 is 39.7 Å². The van der Waals surface area contributed by atoms with Gasteiger partial charge in [0.1, 0.15) is 5.69 Å². The zero-order valence-electron chi connectivity index (χ0n) is 12.8. The minimum atomic E-state index is -0.165. The second kappa shape index (κ2) is 7.95. The molecule has 3 rings (SSSR count). The fourth-order valence-electron chi connectivity index (χ4n) is 2.18. The highest BCUT2D eigenvalue weighted by Gasteiger charge is 2.10. The Bertz CT molecular complexity index is 820. The van der Waals surface area contributed by atoms with E-state index >= 15 is 0 Å². The van der Waals surface area contributed by atoms with Crippen LogP contribution in [0, 0.1) is 0 Å². The van der Waals surface area contributed by atoms with E-state index in [2.05, 4.69) is 15.6 Å². The Balaban J connectivity index is 1.53. The molecule has 6 heteroatoms. The van der Waals surface area contributed by atoms with Crippen LogP contribution in [0.3, 0.4) is 0 Å². The summed E-state index contributed by atoms with van der Waals surface area (Å²) in [5, 5.41) is 9.08. The van der Waals surface area contributed by atoms with Crippen LogP contribution in [0.2, 0.25) is 5.02 Å². The molecule has 1 amide bonds. The Morgan fingerprint density at radius 2 is 1.96 bits per heavy atom. The summed E-state index contributed by atoms with van der Waals surface area (Å²) in [5.74, 6) is -0.165. The van der Waals surface area contributed by atoms with Crippen molar-refractivity contribution < 1.29 is 4.79 Å². The van der Waals surface area contributed by atoms with Gasteiger partial charge in [0.2, 0.25) is 0 Å². The van der Waals surface area contributed by atoms with Crippen molar-refractivity contribution in [3.8, 4) is 0 Å². The van der Waals surface area contributed by atoms with E-state index in [4.69, 9.17) is 11.6 Å². The third-order valence-electron chi connectivity index (χ3n) is 3.35. The van der Waals surface area contributed by atoms with E-state index in [0.29, 0.717) is 22.4 Å². The normalized spacial score (nSPS) is 10.4. The van der Waals surface area contributed by atoms with Crippen LogP contribution in [0.5, 0.6) is 0 Å². The lowest BCUT2D eigenvalue weighted by molar-refractivity contribution is 0.0950. The second-order valence-electron chi connectivity index (χ2n) is 5.16. The summed E-state index contributed by atoms with van der Waals surface area (Å²) in [6.07, 6.45) is 0.796. The third-order valence-corrected chi connectivity index (χ3v) is 4.35. The van der Waals surface area contributed by atoms with Crippen LogP contribution in [0.15, 0.2) is 60.0 Å². The van der Waals surface area contributed by atoms with E-state index in [1.54, 1.807) is 11.4 Å². The number of benzene rings is 2. The Morgan fingerprint density at radius 3 is 2.75 bits per heavy atom. The van der Waals surface area contributed by atoms with Crippen molar-refractivity contribution in [2.75, 3.05) is 11.9 Å². The highest BCUT2D eigenvalue weighted by atomic mass is 35.5. The monoisotopic (exact) mass is 357 g/mol. The van der Waals surface area contributed by atoms with Crippen molar-refractivity contribution in [2.45, 2.75) is 6.42 Å². The summed E-state index contributed by atoms with van der Waals surface area (Å²) in [6.45, 7) is 0.581. The summed E-state index contributed by atoms with van der Waals surface area (Å²) in [7, 11) is 0. The zero-order valence-corrected chi connectivity index (χ0v) is 14.4. The minimum Gasteiger partial charge on any atom is -0.350 e. The van der Waals surface area contributed by atoms with Crippen molar-refractivity contribution in [3.63, 3.8) is 0 Å². The van der Waals surface area contributed by atoms with Crippen molar-refractivity contribution in [1.82, 2.24) is 10.3 Å². The van der Waals surface area contributed by atoms with Crippen LogP contribution in [0.25, 0.3) is 0 Å². The number of thiazole rings is 1. The number of carbonyl (C=O) groups is 1. The maximum Gasteiger partial charge on any atom is 0.270 e. The van der Waals surface area contributed by atoms with E-state index in [0.717, 1.165) is 12.1 Å². The van der Waals surface area contributed by atoms with E-state index in [1.807, 2.05) is 48.5 Å². The molecular formula is C18H16ClN3OS. The molecule has 1 heterocycles. The Labute approximate surface area is 149 Å². The smallest absolute Gasteiger partial charge is 0.270 e. The number of carbonyl (C=O) groups excluding carboxylic acids is 1. The lowest BCUT2D eigenvalue weighted by Crippen LogP contribution is -2.25. The number of amides is 1. The van der Waals surface area contributed by atoms with Crippen LogP contribution in [-0.4, -0.2) is 17.4 Å². The Morgan fingerprint density at radius 1 is 1.12 bits per heavy atom. The molecule has 0 aliphatic carbocycles. The zero-order chi connectivity index (χ0) is 16.8. The Kier molecular flexibility index (Phi) is 5.46. The van der Waals surface area contributed by atoms with E-state index < -0.39 is 0 Å². The quantitative estimate of drug-likeness (QED) is 0.682. The molecule has 0 spiro atoms. The number of anilines is 2. The lowest BCUT2D eigenvalue weighted by Gasteiger charge is -2.04. The van der Waals surface area contributed by atoms with Crippen molar-refractivity contribution in [2.24, 2.45) is 0 Å². The number of rotatable bonds is 6. The van der Waals surface area contributed by atoms with Crippen molar-refractivity contribution in [3.05, 3.63) is 76.3 Å². The van der Waals surface area contributed by atoms with Gasteiger partial charge >= 0.3 is 0 Å². The molecule has 0 unspecified atom stereocenters. The molecule has 1 aromatic heterocycles. The lowest BCUT2D eigenvalue weighted by atomic mass is 10.1. The number of hydrogen-bond donors (Lipinski definition) is 2. The molecule has 122 valence electrons. The molecular weight excluding hydrogens is 342 g/mol. The molecule has 0 atom stereocenters. The second-order valence-corrected chi connectivity index (χ2v) is 6.46. The molecule has 0 radical (unpaired) electrons. The first-order valence-electron chi connectivity index (χ1n) is 7.51. The average molecular weight is 358 g/mol. The number of hydrogen-bond acceptors (Lipinski definition) is 4. The number of nitrogens with one attached hydrogen (secondary N) is 2. The summed E-state index contributed by atoms with van der Waals surface area (Å²) in [6, 6.07) is 17.4. The van der Waals surface area contributed by atoms with E-state index in [1.165, 1.54) is 16.9 Å². The standard InChI is InChI=1S/C18H16ClN3OS/c19-14-7-4-8-15(11-14)21-18-22-16(12-24-18)17(23)20-10-9-13-5-2-1-3-6-13/h1-8,11-12H,9-10H2,(H,20,23)(H,21,22). The van der Waals surface area contributed by atoms with Gasteiger partial charge in [-0.15, -0.1) is 11.3 Å². The first-order chi connectivity index (χ1) is 11.7. The summed E-state index contributed by atoms with van der Waals surface area (Å²) in [5.41, 5.74) is 2.45. The maximum atomic E-state index is 12.1. The van der Waals surface area contributed by atoms with Gasteiger partial charge in [0.05, 0.1) is 0 Å². The first kappa shape index (κ1) is 16.5. The predicted octanol–water partition coefficient (Wildman–Crippen LogP) is 4.51. The molecule has 2 aromatic carbocycles. The van der Waals surface area contributed by atoms with Gasteiger partial charge in [-0.2, -0.15) is 0 Å². The van der Waals surface area contributed by atoms with Gasteiger partial charge in [-0.3, -0.25) is 4.79 Å². The van der Waals surface area contributed by atoms with Gasteiger partial charge in [-0.1, -0.05) is 48.0 Å². The molecule has 0 saturated heterocycles. The minimum absolute atomic E-state index is 0.165. The van der Waals surface area contributed by atoms with Gasteiger partial charge in [-0.25, -0.2) is 4.98 Å². The van der Waals surface area contributed by atoms with Crippen LogP contribution < -0.4 is 10.6 Å². The molecule has 24 heavy (non-hydrogen) atoms. The average Bonchev–Trinajstić information content (AvgIpc) is 3.04. The van der Waals surface area contributed by atoms with Gasteiger partial charge in [0.15, 0.2) is 5.13 Å². The summed E-state index contributed by atoms with van der Waals surface area (Å²) < 4.78 is 0. The van der Waals surface area contributed by atoms with Gasteiger partial charge < -0.3 is 10.6 Å². The fraction of sp³-hybridized carbons (Fsp3) is 0.111. The number of aromatic nitrogens is 1. The van der Waals surface area contributed by atoms with Crippen LogP contribution >= 0.6 is 22.9 Å². The Hall–Kier alpha value is -2.37. The van der Waals surface area contributed by atoms with Gasteiger partial charge in [0, 0.05) is 22.6 Å². The van der Waals surface area contributed by atoms with Crippen LogP contribution in [0.1, 0.15) is 16.1 Å². The molecule has 0 aliphatic heterocycles. The largest absolute Gasteiger partial charge is 0.350 e. The SMILES string of the molecule is O=C(NCCc1ccccc1)c1csc(Nc2cccc(Cl)c2)n1. The molecule has 4 nitrogen and oxygen atoms in total. The highest BCUT2D eigenvalue weighted by molar-refractivity contribution is 7.14. The number of nitrogens with zero attached hydrogens (tertiary/aromatic N) is 1.